The molecule has 1 heterocycles. The highest BCUT2D eigenvalue weighted by Crippen LogP contribution is 2.15. The number of ether oxygens (including phenoxy) is 2. The molecule has 6 nitrogen and oxygen atoms in total. The Morgan fingerprint density at radius 1 is 1.37 bits per heavy atom. The van der Waals surface area contributed by atoms with Gasteiger partial charge in [-0.25, -0.2) is 4.79 Å². The van der Waals surface area contributed by atoms with Crippen LogP contribution in [0.25, 0.3) is 0 Å². The van der Waals surface area contributed by atoms with Gasteiger partial charge in [0.1, 0.15) is 6.23 Å². The SMILES string of the molecule is CCC(OC(C)n1cc(C)c(=O)[nH]c1=O)C(C)OC. The van der Waals surface area contributed by atoms with Crippen molar-refractivity contribution < 1.29 is 9.47 Å². The largest absolute Gasteiger partial charge is 0.379 e. The number of rotatable bonds is 6. The van der Waals surface area contributed by atoms with Gasteiger partial charge in [0.15, 0.2) is 0 Å². The van der Waals surface area contributed by atoms with Gasteiger partial charge in [0, 0.05) is 18.9 Å². The second kappa shape index (κ2) is 6.68. The van der Waals surface area contributed by atoms with Crippen molar-refractivity contribution in [2.45, 2.75) is 52.6 Å². The van der Waals surface area contributed by atoms with Crippen LogP contribution in [0.3, 0.4) is 0 Å². The van der Waals surface area contributed by atoms with E-state index in [2.05, 4.69) is 4.98 Å². The van der Waals surface area contributed by atoms with Crippen molar-refractivity contribution in [2.24, 2.45) is 0 Å². The average molecular weight is 270 g/mol. The summed E-state index contributed by atoms with van der Waals surface area (Å²) < 4.78 is 12.4. The molecule has 1 N–H and O–H groups in total. The first kappa shape index (κ1) is 15.7. The second-order valence-corrected chi connectivity index (χ2v) is 4.60. The highest BCUT2D eigenvalue weighted by molar-refractivity contribution is 5.01. The quantitative estimate of drug-likeness (QED) is 0.842. The maximum Gasteiger partial charge on any atom is 0.330 e. The number of nitrogens with zero attached hydrogens (tertiary/aromatic N) is 1. The molecule has 3 unspecified atom stereocenters. The number of aromatic nitrogens is 2. The fraction of sp³-hybridized carbons (Fsp3) is 0.692. The van der Waals surface area contributed by atoms with Gasteiger partial charge in [0.25, 0.3) is 5.56 Å². The minimum atomic E-state index is -0.469. The fourth-order valence-corrected chi connectivity index (χ4v) is 1.87. The van der Waals surface area contributed by atoms with Gasteiger partial charge in [-0.15, -0.1) is 0 Å². The van der Waals surface area contributed by atoms with Crippen LogP contribution in [0, 0.1) is 6.92 Å². The Balaban J connectivity index is 2.95. The maximum absolute atomic E-state index is 11.7. The molecule has 6 heteroatoms. The Bertz CT molecular complexity index is 520. The zero-order valence-electron chi connectivity index (χ0n) is 12.1. The third kappa shape index (κ3) is 3.78. The van der Waals surface area contributed by atoms with Crippen LogP contribution in [0.5, 0.6) is 0 Å². The fourth-order valence-electron chi connectivity index (χ4n) is 1.87. The number of aromatic amines is 1. The molecule has 0 aliphatic rings. The maximum atomic E-state index is 11.7. The van der Waals surface area contributed by atoms with Crippen LogP contribution in [0.2, 0.25) is 0 Å². The van der Waals surface area contributed by atoms with Crippen molar-refractivity contribution in [1.82, 2.24) is 9.55 Å². The van der Waals surface area contributed by atoms with Crippen LogP contribution in [-0.4, -0.2) is 28.9 Å². The van der Waals surface area contributed by atoms with Crippen LogP contribution in [0.4, 0.5) is 0 Å². The Kier molecular flexibility index (Phi) is 5.50. The lowest BCUT2D eigenvalue weighted by atomic mass is 10.2. The first-order valence-corrected chi connectivity index (χ1v) is 6.41. The molecule has 1 aromatic rings. The Morgan fingerprint density at radius 2 is 2.00 bits per heavy atom. The number of hydrogen-bond acceptors (Lipinski definition) is 4. The summed E-state index contributed by atoms with van der Waals surface area (Å²) in [5.74, 6) is 0. The monoisotopic (exact) mass is 270 g/mol. The van der Waals surface area contributed by atoms with E-state index in [1.54, 1.807) is 21.0 Å². The van der Waals surface area contributed by atoms with Gasteiger partial charge >= 0.3 is 5.69 Å². The second-order valence-electron chi connectivity index (χ2n) is 4.60. The summed E-state index contributed by atoms with van der Waals surface area (Å²) >= 11 is 0. The van der Waals surface area contributed by atoms with Crippen molar-refractivity contribution in [1.29, 1.82) is 0 Å². The lowest BCUT2D eigenvalue weighted by Gasteiger charge is -2.26. The van der Waals surface area contributed by atoms with E-state index in [-0.39, 0.29) is 17.8 Å². The Morgan fingerprint density at radius 3 is 2.53 bits per heavy atom. The van der Waals surface area contributed by atoms with Crippen molar-refractivity contribution in [3.8, 4) is 0 Å². The minimum absolute atomic E-state index is 0.0630. The van der Waals surface area contributed by atoms with Crippen molar-refractivity contribution in [2.75, 3.05) is 7.11 Å². The van der Waals surface area contributed by atoms with Crippen LogP contribution in [0.1, 0.15) is 39.0 Å². The molecule has 0 saturated carbocycles. The molecule has 0 spiro atoms. The summed E-state index contributed by atoms with van der Waals surface area (Å²) in [5.41, 5.74) is -0.364. The molecule has 108 valence electrons. The van der Waals surface area contributed by atoms with Crippen molar-refractivity contribution in [3.05, 3.63) is 32.6 Å². The van der Waals surface area contributed by atoms with Crippen molar-refractivity contribution >= 4 is 0 Å². The molecular formula is C13H22N2O4. The molecule has 19 heavy (non-hydrogen) atoms. The van der Waals surface area contributed by atoms with Gasteiger partial charge in [-0.1, -0.05) is 6.92 Å². The molecule has 1 aromatic heterocycles. The van der Waals surface area contributed by atoms with E-state index in [0.717, 1.165) is 6.42 Å². The number of methoxy groups -OCH3 is 1. The normalized spacial score (nSPS) is 16.1. The van der Waals surface area contributed by atoms with Gasteiger partial charge in [-0.05, 0) is 27.2 Å². The smallest absolute Gasteiger partial charge is 0.330 e. The van der Waals surface area contributed by atoms with Gasteiger partial charge < -0.3 is 9.47 Å². The summed E-state index contributed by atoms with van der Waals surface area (Å²) in [4.78, 5) is 25.3. The number of H-pyrrole nitrogens is 1. The zero-order valence-corrected chi connectivity index (χ0v) is 12.1. The molecule has 0 aliphatic carbocycles. The molecule has 0 saturated heterocycles. The highest BCUT2D eigenvalue weighted by Gasteiger charge is 2.20. The lowest BCUT2D eigenvalue weighted by molar-refractivity contribution is -0.105. The third-order valence-electron chi connectivity index (χ3n) is 3.21. The number of aryl methyl sites for hydroxylation is 1. The summed E-state index contributed by atoms with van der Waals surface area (Å²) in [7, 11) is 1.62. The summed E-state index contributed by atoms with van der Waals surface area (Å²) in [6.07, 6.45) is 1.64. The van der Waals surface area contributed by atoms with Gasteiger partial charge in [-0.2, -0.15) is 0 Å². The topological polar surface area (TPSA) is 73.3 Å². The first-order valence-electron chi connectivity index (χ1n) is 6.41. The molecule has 1 rings (SSSR count). The summed E-state index contributed by atoms with van der Waals surface area (Å²) in [5, 5.41) is 0. The predicted octanol–water partition coefficient (Wildman–Crippen LogP) is 1.19. The number of nitrogens with one attached hydrogen (secondary N) is 1. The van der Waals surface area contributed by atoms with Crippen molar-refractivity contribution in [3.63, 3.8) is 0 Å². The first-order chi connectivity index (χ1) is 8.90. The van der Waals surface area contributed by atoms with Gasteiger partial charge in [-0.3, -0.25) is 14.3 Å². The van der Waals surface area contributed by atoms with E-state index in [9.17, 15) is 9.59 Å². The van der Waals surface area contributed by atoms with E-state index in [0.29, 0.717) is 5.56 Å². The van der Waals surface area contributed by atoms with E-state index >= 15 is 0 Å². The molecule has 0 aliphatic heterocycles. The predicted molar refractivity (Wildman–Crippen MR) is 72.4 cm³/mol. The van der Waals surface area contributed by atoms with Crippen LogP contribution in [-0.2, 0) is 9.47 Å². The van der Waals surface area contributed by atoms with Gasteiger partial charge in [0.2, 0.25) is 0 Å². The molecule has 0 radical (unpaired) electrons. The van der Waals surface area contributed by atoms with E-state index in [1.165, 1.54) is 10.8 Å². The van der Waals surface area contributed by atoms with Crippen LogP contribution < -0.4 is 11.2 Å². The molecule has 0 aromatic carbocycles. The minimum Gasteiger partial charge on any atom is -0.379 e. The highest BCUT2D eigenvalue weighted by atomic mass is 16.5. The Labute approximate surface area is 112 Å². The van der Waals surface area contributed by atoms with Gasteiger partial charge in [0.05, 0.1) is 12.2 Å². The van der Waals surface area contributed by atoms with E-state index < -0.39 is 11.9 Å². The van der Waals surface area contributed by atoms with Crippen LogP contribution in [0.15, 0.2) is 15.8 Å². The van der Waals surface area contributed by atoms with Crippen LogP contribution >= 0.6 is 0 Å². The molecular weight excluding hydrogens is 248 g/mol. The molecule has 0 amide bonds. The van der Waals surface area contributed by atoms with E-state index in [4.69, 9.17) is 9.47 Å². The van der Waals surface area contributed by atoms with E-state index in [1.807, 2.05) is 13.8 Å². The average Bonchev–Trinajstić information content (AvgIpc) is 2.38. The molecule has 0 bridgehead atoms. The molecule has 0 fully saturated rings. The summed E-state index contributed by atoms with van der Waals surface area (Å²) in [6.45, 7) is 7.33. The standard InChI is InChI=1S/C13H22N2O4/c1-6-11(9(3)18-5)19-10(4)15-7-8(2)12(16)14-13(15)17/h7,9-11H,6H2,1-5H3,(H,14,16,17). The summed E-state index contributed by atoms with van der Waals surface area (Å²) in [6, 6.07) is 0. The third-order valence-corrected chi connectivity index (χ3v) is 3.21. The molecule has 3 atom stereocenters. The number of hydrogen-bond donors (Lipinski definition) is 1. The zero-order chi connectivity index (χ0) is 14.6. The Hall–Kier alpha value is -1.40. The lowest BCUT2D eigenvalue weighted by Crippen LogP contribution is -2.36.